The smallest absolute Gasteiger partial charge is 0.310 e. The molecule has 1 fully saturated rings. The predicted octanol–water partition coefficient (Wildman–Crippen LogP) is 4.72. The van der Waals surface area contributed by atoms with Crippen LogP contribution in [0.25, 0.3) is 0 Å². The molecule has 1 aromatic carbocycles. The molecule has 0 amide bonds. The van der Waals surface area contributed by atoms with Crippen molar-refractivity contribution in [3.05, 3.63) is 34.9 Å². The van der Waals surface area contributed by atoms with Gasteiger partial charge in [0.05, 0.1) is 0 Å². The third-order valence-corrected chi connectivity index (χ3v) is 3.58. The molecule has 0 bridgehead atoms. The van der Waals surface area contributed by atoms with E-state index in [2.05, 4.69) is 5.32 Å². The van der Waals surface area contributed by atoms with E-state index in [0.717, 1.165) is 18.4 Å². The summed E-state index contributed by atoms with van der Waals surface area (Å²) >= 11 is 5.84. The molecule has 1 aliphatic carbocycles. The normalized spacial score (nSPS) is 17.5. The molecular weight excluding hydrogens is 275 g/mol. The molecule has 1 aliphatic rings. The quantitative estimate of drug-likeness (QED) is 0.748. The standard InChI is InChI=1S/C14H17ClF3N/c15-12-6-4-11(5-7-12)13(10-2-3-10)19-9-1-8-14(16,17)18/h4-7,10,13,19H,1-3,8-9H2. The minimum absolute atomic E-state index is 0.125. The highest BCUT2D eigenvalue weighted by molar-refractivity contribution is 6.30. The summed E-state index contributed by atoms with van der Waals surface area (Å²) in [4.78, 5) is 0. The van der Waals surface area contributed by atoms with Crippen LogP contribution in [0.5, 0.6) is 0 Å². The van der Waals surface area contributed by atoms with E-state index in [-0.39, 0.29) is 12.5 Å². The Labute approximate surface area is 116 Å². The Morgan fingerprint density at radius 3 is 2.37 bits per heavy atom. The van der Waals surface area contributed by atoms with Crippen molar-refractivity contribution in [2.75, 3.05) is 6.54 Å². The molecule has 1 N–H and O–H groups in total. The molecule has 1 nitrogen and oxygen atoms in total. The molecule has 0 spiro atoms. The zero-order valence-electron chi connectivity index (χ0n) is 10.5. The summed E-state index contributed by atoms with van der Waals surface area (Å²) in [7, 11) is 0. The van der Waals surface area contributed by atoms with Crippen molar-refractivity contribution in [3.63, 3.8) is 0 Å². The van der Waals surface area contributed by atoms with Gasteiger partial charge in [-0.15, -0.1) is 0 Å². The van der Waals surface area contributed by atoms with Crippen LogP contribution in [0.1, 0.15) is 37.3 Å². The van der Waals surface area contributed by atoms with E-state index < -0.39 is 12.6 Å². The second-order valence-electron chi connectivity index (χ2n) is 5.04. The van der Waals surface area contributed by atoms with Crippen LogP contribution < -0.4 is 5.32 Å². The Hall–Kier alpha value is -0.740. The molecular formula is C14H17ClF3N. The number of rotatable bonds is 6. The zero-order valence-corrected chi connectivity index (χ0v) is 11.3. The summed E-state index contributed by atoms with van der Waals surface area (Å²) in [6.45, 7) is 0.392. The van der Waals surface area contributed by atoms with Crippen molar-refractivity contribution >= 4 is 11.6 Å². The number of alkyl halides is 3. The van der Waals surface area contributed by atoms with Crippen molar-refractivity contribution in [1.29, 1.82) is 0 Å². The fourth-order valence-corrected chi connectivity index (χ4v) is 2.33. The van der Waals surface area contributed by atoms with E-state index >= 15 is 0 Å². The zero-order chi connectivity index (χ0) is 13.9. The number of hydrogen-bond acceptors (Lipinski definition) is 1. The van der Waals surface area contributed by atoms with Gasteiger partial charge in [0, 0.05) is 17.5 Å². The van der Waals surface area contributed by atoms with Gasteiger partial charge in [-0.1, -0.05) is 23.7 Å². The van der Waals surface area contributed by atoms with Gasteiger partial charge < -0.3 is 5.32 Å². The van der Waals surface area contributed by atoms with Crippen LogP contribution in [0.15, 0.2) is 24.3 Å². The summed E-state index contributed by atoms with van der Waals surface area (Å²) in [6.07, 6.45) is -2.38. The minimum atomic E-state index is -4.06. The maximum atomic E-state index is 12.1. The van der Waals surface area contributed by atoms with E-state index in [9.17, 15) is 13.2 Å². The third kappa shape index (κ3) is 5.03. The van der Waals surface area contributed by atoms with Gasteiger partial charge in [-0.25, -0.2) is 0 Å². The van der Waals surface area contributed by atoms with Crippen molar-refractivity contribution in [3.8, 4) is 0 Å². The molecule has 106 valence electrons. The highest BCUT2D eigenvalue weighted by Gasteiger charge is 2.32. The molecule has 19 heavy (non-hydrogen) atoms. The van der Waals surface area contributed by atoms with E-state index in [1.165, 1.54) is 0 Å². The number of nitrogens with one attached hydrogen (secondary N) is 1. The fourth-order valence-electron chi connectivity index (χ4n) is 2.20. The predicted molar refractivity (Wildman–Crippen MR) is 70.2 cm³/mol. The first-order valence-electron chi connectivity index (χ1n) is 6.51. The van der Waals surface area contributed by atoms with E-state index in [1.54, 1.807) is 0 Å². The lowest BCUT2D eigenvalue weighted by molar-refractivity contribution is -0.135. The maximum Gasteiger partial charge on any atom is 0.389 e. The van der Waals surface area contributed by atoms with Gasteiger partial charge in [0.15, 0.2) is 0 Å². The Morgan fingerprint density at radius 2 is 1.84 bits per heavy atom. The minimum Gasteiger partial charge on any atom is -0.310 e. The van der Waals surface area contributed by atoms with Crippen LogP contribution in [0, 0.1) is 5.92 Å². The Kier molecular flexibility index (Phi) is 4.74. The number of halogens is 4. The molecule has 0 radical (unpaired) electrons. The fraction of sp³-hybridized carbons (Fsp3) is 0.571. The maximum absolute atomic E-state index is 12.1. The molecule has 1 unspecified atom stereocenters. The number of hydrogen-bond donors (Lipinski definition) is 1. The summed E-state index contributed by atoms with van der Waals surface area (Å²) in [6, 6.07) is 7.70. The first-order valence-corrected chi connectivity index (χ1v) is 6.89. The molecule has 2 rings (SSSR count). The SMILES string of the molecule is FC(F)(F)CCCNC(c1ccc(Cl)cc1)C1CC1. The summed E-state index contributed by atoms with van der Waals surface area (Å²) in [5.74, 6) is 0.548. The van der Waals surface area contributed by atoms with Crippen LogP contribution in [0.2, 0.25) is 5.02 Å². The first kappa shape index (κ1) is 14.7. The average Bonchev–Trinajstić information content (AvgIpc) is 3.14. The van der Waals surface area contributed by atoms with Gasteiger partial charge in [-0.05, 0) is 49.4 Å². The van der Waals surface area contributed by atoms with Crippen LogP contribution in [-0.2, 0) is 0 Å². The average molecular weight is 292 g/mol. The number of benzene rings is 1. The van der Waals surface area contributed by atoms with Crippen LogP contribution in [0.4, 0.5) is 13.2 Å². The molecule has 0 aromatic heterocycles. The van der Waals surface area contributed by atoms with E-state index in [1.807, 2.05) is 24.3 Å². The second-order valence-corrected chi connectivity index (χ2v) is 5.48. The lowest BCUT2D eigenvalue weighted by atomic mass is 10.0. The summed E-state index contributed by atoms with van der Waals surface area (Å²) in [5, 5.41) is 3.92. The molecule has 1 saturated carbocycles. The highest BCUT2D eigenvalue weighted by Crippen LogP contribution is 2.41. The lowest BCUT2D eigenvalue weighted by Crippen LogP contribution is -2.25. The van der Waals surface area contributed by atoms with Crippen molar-refractivity contribution in [2.24, 2.45) is 5.92 Å². The second kappa shape index (κ2) is 6.14. The monoisotopic (exact) mass is 291 g/mol. The molecule has 0 saturated heterocycles. The van der Waals surface area contributed by atoms with Gasteiger partial charge in [0.1, 0.15) is 0 Å². The van der Waals surface area contributed by atoms with Gasteiger partial charge in [0.25, 0.3) is 0 Å². The third-order valence-electron chi connectivity index (χ3n) is 3.32. The van der Waals surface area contributed by atoms with Gasteiger partial charge in [-0.2, -0.15) is 13.2 Å². The van der Waals surface area contributed by atoms with Gasteiger partial charge in [0.2, 0.25) is 0 Å². The van der Waals surface area contributed by atoms with Crippen molar-refractivity contribution in [1.82, 2.24) is 5.32 Å². The first-order chi connectivity index (χ1) is 8.96. The van der Waals surface area contributed by atoms with Crippen LogP contribution in [0.3, 0.4) is 0 Å². The van der Waals surface area contributed by atoms with Crippen molar-refractivity contribution in [2.45, 2.75) is 37.9 Å². The summed E-state index contributed by atoms with van der Waals surface area (Å²) in [5.41, 5.74) is 1.11. The largest absolute Gasteiger partial charge is 0.389 e. The Morgan fingerprint density at radius 1 is 1.21 bits per heavy atom. The van der Waals surface area contributed by atoms with Crippen LogP contribution in [-0.4, -0.2) is 12.7 Å². The highest BCUT2D eigenvalue weighted by atomic mass is 35.5. The Bertz CT molecular complexity index is 398. The van der Waals surface area contributed by atoms with Gasteiger partial charge >= 0.3 is 6.18 Å². The molecule has 0 aliphatic heterocycles. The van der Waals surface area contributed by atoms with E-state index in [0.29, 0.717) is 17.5 Å². The Balaban J connectivity index is 1.85. The van der Waals surface area contributed by atoms with Crippen LogP contribution >= 0.6 is 11.6 Å². The van der Waals surface area contributed by atoms with E-state index in [4.69, 9.17) is 11.6 Å². The van der Waals surface area contributed by atoms with Crippen molar-refractivity contribution < 1.29 is 13.2 Å². The topological polar surface area (TPSA) is 12.0 Å². The molecule has 1 atom stereocenters. The molecule has 0 heterocycles. The van der Waals surface area contributed by atoms with Gasteiger partial charge in [-0.3, -0.25) is 0 Å². The lowest BCUT2D eigenvalue weighted by Gasteiger charge is -2.19. The summed E-state index contributed by atoms with van der Waals surface area (Å²) < 4.78 is 36.2. The molecule has 5 heteroatoms. The molecule has 1 aromatic rings.